The molecule has 0 saturated carbocycles. The van der Waals surface area contributed by atoms with Crippen molar-refractivity contribution in [3.8, 4) is 0 Å². The Labute approximate surface area is 126 Å². The van der Waals surface area contributed by atoms with Crippen molar-refractivity contribution in [2.24, 2.45) is 0 Å². The molecular weight excluding hydrogens is 283 g/mol. The third-order valence-corrected chi connectivity index (χ3v) is 5.84. The SMILES string of the molecule is CCCCOP(=O)(c1ccccc1)C(O)c1ccccc1. The van der Waals surface area contributed by atoms with Gasteiger partial charge in [-0.05, 0) is 24.1 Å². The monoisotopic (exact) mass is 304 g/mol. The summed E-state index contributed by atoms with van der Waals surface area (Å²) in [7, 11) is -3.36. The number of unbranched alkanes of at least 4 members (excludes halogenated alkanes) is 1. The van der Waals surface area contributed by atoms with Crippen molar-refractivity contribution in [2.75, 3.05) is 6.61 Å². The zero-order valence-corrected chi connectivity index (χ0v) is 13.1. The van der Waals surface area contributed by atoms with Crippen LogP contribution in [0.25, 0.3) is 0 Å². The van der Waals surface area contributed by atoms with Crippen LogP contribution in [0, 0.1) is 0 Å². The van der Waals surface area contributed by atoms with E-state index in [9.17, 15) is 9.67 Å². The maximum absolute atomic E-state index is 13.3. The molecule has 0 spiro atoms. The molecule has 0 amide bonds. The molecule has 2 aromatic carbocycles. The molecule has 0 aliphatic carbocycles. The van der Waals surface area contributed by atoms with E-state index >= 15 is 0 Å². The van der Waals surface area contributed by atoms with E-state index in [-0.39, 0.29) is 0 Å². The molecule has 1 N–H and O–H groups in total. The molecule has 2 aromatic rings. The van der Waals surface area contributed by atoms with Crippen LogP contribution in [-0.2, 0) is 9.09 Å². The Kier molecular flexibility index (Phi) is 5.75. The van der Waals surface area contributed by atoms with Gasteiger partial charge in [0.05, 0.1) is 6.61 Å². The van der Waals surface area contributed by atoms with Crippen molar-refractivity contribution in [3.05, 3.63) is 66.2 Å². The quantitative estimate of drug-likeness (QED) is 0.619. The average Bonchev–Trinajstić information content (AvgIpc) is 2.56. The molecular formula is C17H21O3P. The fraction of sp³-hybridized carbons (Fsp3) is 0.294. The van der Waals surface area contributed by atoms with E-state index in [4.69, 9.17) is 4.52 Å². The van der Waals surface area contributed by atoms with Gasteiger partial charge in [-0.2, -0.15) is 0 Å². The summed E-state index contributed by atoms with van der Waals surface area (Å²) in [4.78, 5) is 0. The largest absolute Gasteiger partial charge is 0.378 e. The molecule has 0 bridgehead atoms. The molecule has 0 saturated heterocycles. The van der Waals surface area contributed by atoms with Crippen molar-refractivity contribution >= 4 is 12.7 Å². The first-order chi connectivity index (χ1) is 10.2. The minimum absolute atomic E-state index is 0.382. The number of hydrogen-bond acceptors (Lipinski definition) is 3. The van der Waals surface area contributed by atoms with Crippen LogP contribution in [0.15, 0.2) is 60.7 Å². The van der Waals surface area contributed by atoms with E-state index in [2.05, 4.69) is 0 Å². The Hall–Kier alpha value is -1.41. The summed E-state index contributed by atoms with van der Waals surface area (Å²) < 4.78 is 19.0. The van der Waals surface area contributed by atoms with Gasteiger partial charge in [0.15, 0.2) is 5.85 Å². The predicted molar refractivity (Wildman–Crippen MR) is 85.9 cm³/mol. The van der Waals surface area contributed by atoms with E-state index in [1.807, 2.05) is 43.3 Å². The summed E-state index contributed by atoms with van der Waals surface area (Å²) in [5.74, 6) is -1.14. The van der Waals surface area contributed by atoms with Crippen molar-refractivity contribution in [2.45, 2.75) is 25.6 Å². The van der Waals surface area contributed by atoms with Crippen molar-refractivity contribution in [3.63, 3.8) is 0 Å². The fourth-order valence-electron chi connectivity index (χ4n) is 2.09. The maximum atomic E-state index is 13.3. The lowest BCUT2D eigenvalue weighted by Gasteiger charge is -2.24. The Morgan fingerprint density at radius 3 is 2.19 bits per heavy atom. The van der Waals surface area contributed by atoms with Crippen LogP contribution >= 0.6 is 7.37 Å². The lowest BCUT2D eigenvalue weighted by molar-refractivity contribution is 0.213. The predicted octanol–water partition coefficient (Wildman–Crippen LogP) is 4.10. The Bertz CT molecular complexity index is 583. The summed E-state index contributed by atoms with van der Waals surface area (Å²) in [6.07, 6.45) is 1.77. The summed E-state index contributed by atoms with van der Waals surface area (Å²) in [5.41, 5.74) is 0.612. The molecule has 21 heavy (non-hydrogen) atoms. The van der Waals surface area contributed by atoms with Gasteiger partial charge in [0.25, 0.3) is 7.37 Å². The first-order valence-electron chi connectivity index (χ1n) is 7.21. The third-order valence-electron chi connectivity index (χ3n) is 3.32. The van der Waals surface area contributed by atoms with E-state index < -0.39 is 13.2 Å². The molecule has 2 unspecified atom stereocenters. The summed E-state index contributed by atoms with van der Waals surface area (Å²) in [5, 5.41) is 11.2. The van der Waals surface area contributed by atoms with E-state index in [1.54, 1.807) is 24.3 Å². The molecule has 4 heteroatoms. The number of benzene rings is 2. The van der Waals surface area contributed by atoms with Gasteiger partial charge in [-0.1, -0.05) is 61.9 Å². The topological polar surface area (TPSA) is 46.5 Å². The Morgan fingerprint density at radius 2 is 1.62 bits per heavy atom. The van der Waals surface area contributed by atoms with Crippen molar-refractivity contribution in [1.29, 1.82) is 0 Å². The van der Waals surface area contributed by atoms with Gasteiger partial charge in [-0.3, -0.25) is 4.57 Å². The maximum Gasteiger partial charge on any atom is 0.264 e. The standard InChI is InChI=1S/C17H21O3P/c1-2-3-14-20-21(19,16-12-8-5-9-13-16)17(18)15-10-6-4-7-11-15/h4-13,17-18H,2-3,14H2,1H3. The van der Waals surface area contributed by atoms with Crippen molar-refractivity contribution in [1.82, 2.24) is 0 Å². The highest BCUT2D eigenvalue weighted by atomic mass is 31.2. The van der Waals surface area contributed by atoms with Crippen molar-refractivity contribution < 1.29 is 14.2 Å². The smallest absolute Gasteiger partial charge is 0.264 e. The van der Waals surface area contributed by atoms with E-state index in [0.29, 0.717) is 17.5 Å². The van der Waals surface area contributed by atoms with Crippen LogP contribution < -0.4 is 5.30 Å². The molecule has 0 aliphatic heterocycles. The lowest BCUT2D eigenvalue weighted by atomic mass is 10.2. The first kappa shape index (κ1) is 16.0. The number of hydrogen-bond donors (Lipinski definition) is 1. The van der Waals surface area contributed by atoms with Gasteiger partial charge < -0.3 is 9.63 Å². The van der Waals surface area contributed by atoms with Crippen LogP contribution in [0.4, 0.5) is 0 Å². The highest BCUT2D eigenvalue weighted by molar-refractivity contribution is 7.67. The third kappa shape index (κ3) is 3.82. The Balaban J connectivity index is 2.34. The summed E-state index contributed by atoms with van der Waals surface area (Å²) in [6, 6.07) is 18.0. The minimum Gasteiger partial charge on any atom is -0.378 e. The van der Waals surface area contributed by atoms with Gasteiger partial charge in [-0.15, -0.1) is 0 Å². The van der Waals surface area contributed by atoms with Gasteiger partial charge in [0.2, 0.25) is 0 Å². The average molecular weight is 304 g/mol. The van der Waals surface area contributed by atoms with Gasteiger partial charge in [-0.25, -0.2) is 0 Å². The molecule has 0 aromatic heterocycles. The zero-order valence-electron chi connectivity index (χ0n) is 12.2. The number of aliphatic hydroxyl groups is 1. The second-order valence-electron chi connectivity index (χ2n) is 4.90. The van der Waals surface area contributed by atoms with Crippen LogP contribution in [0.5, 0.6) is 0 Å². The molecule has 112 valence electrons. The minimum atomic E-state index is -3.36. The van der Waals surface area contributed by atoms with Crippen LogP contribution in [0.3, 0.4) is 0 Å². The molecule has 0 heterocycles. The molecule has 3 nitrogen and oxygen atoms in total. The lowest BCUT2D eigenvalue weighted by Crippen LogP contribution is -2.14. The van der Waals surface area contributed by atoms with Gasteiger partial charge in [0, 0.05) is 5.30 Å². The van der Waals surface area contributed by atoms with Gasteiger partial charge >= 0.3 is 0 Å². The summed E-state index contributed by atoms with van der Waals surface area (Å²) in [6.45, 7) is 2.43. The first-order valence-corrected chi connectivity index (χ1v) is 8.90. The normalized spacial score (nSPS) is 15.3. The second-order valence-corrected chi connectivity index (χ2v) is 7.36. The van der Waals surface area contributed by atoms with Gasteiger partial charge in [0.1, 0.15) is 0 Å². The molecule has 0 radical (unpaired) electrons. The van der Waals surface area contributed by atoms with Crippen LogP contribution in [0.2, 0.25) is 0 Å². The van der Waals surface area contributed by atoms with Crippen LogP contribution in [0.1, 0.15) is 31.2 Å². The zero-order chi connectivity index (χ0) is 15.1. The fourth-order valence-corrected chi connectivity index (χ4v) is 4.21. The van der Waals surface area contributed by atoms with E-state index in [0.717, 1.165) is 12.8 Å². The number of rotatable bonds is 7. The molecule has 0 aliphatic rings. The number of aliphatic hydroxyl groups excluding tert-OH is 1. The second kappa shape index (κ2) is 7.56. The molecule has 2 atom stereocenters. The van der Waals surface area contributed by atoms with E-state index in [1.165, 1.54) is 0 Å². The molecule has 2 rings (SSSR count). The summed E-state index contributed by atoms with van der Waals surface area (Å²) >= 11 is 0. The highest BCUT2D eigenvalue weighted by Gasteiger charge is 2.35. The molecule has 0 fully saturated rings. The van der Waals surface area contributed by atoms with Crippen LogP contribution in [-0.4, -0.2) is 11.7 Å². The Morgan fingerprint density at radius 1 is 1.05 bits per heavy atom. The highest BCUT2D eigenvalue weighted by Crippen LogP contribution is 2.57.